The van der Waals surface area contributed by atoms with Gasteiger partial charge in [0.2, 0.25) is 6.23 Å². The van der Waals surface area contributed by atoms with Gasteiger partial charge in [-0.2, -0.15) is 0 Å². The van der Waals surface area contributed by atoms with Crippen LogP contribution in [0.1, 0.15) is 43.8 Å². The van der Waals surface area contributed by atoms with Gasteiger partial charge in [0.15, 0.2) is 0 Å². The summed E-state index contributed by atoms with van der Waals surface area (Å²) in [6.07, 6.45) is 0.259. The van der Waals surface area contributed by atoms with Gasteiger partial charge in [-0.25, -0.2) is 5.48 Å². The van der Waals surface area contributed by atoms with E-state index in [2.05, 4.69) is 16.7 Å². The number of hydrogen-bond donors (Lipinski definition) is 2. The van der Waals surface area contributed by atoms with Crippen LogP contribution in [0.25, 0.3) is 10.9 Å². The van der Waals surface area contributed by atoms with E-state index in [0.29, 0.717) is 30.0 Å². The van der Waals surface area contributed by atoms with Crippen molar-refractivity contribution in [2.75, 3.05) is 6.54 Å². The number of amides is 2. The number of hydrogen-bond acceptors (Lipinski definition) is 4. The van der Waals surface area contributed by atoms with Crippen LogP contribution < -0.4 is 10.2 Å². The van der Waals surface area contributed by atoms with Gasteiger partial charge in [0.1, 0.15) is 5.75 Å². The number of benzene rings is 3. The second-order valence-electron chi connectivity index (χ2n) is 8.32. The highest BCUT2D eigenvalue weighted by Gasteiger charge is 2.41. The van der Waals surface area contributed by atoms with E-state index < -0.39 is 12.1 Å². The first-order valence-corrected chi connectivity index (χ1v) is 10.9. The van der Waals surface area contributed by atoms with Gasteiger partial charge in [-0.05, 0) is 47.9 Å². The fourth-order valence-corrected chi connectivity index (χ4v) is 4.96. The maximum atomic E-state index is 13.3. The molecule has 1 atom stereocenters. The molecule has 164 valence electrons. The summed E-state index contributed by atoms with van der Waals surface area (Å²) in [6.45, 7) is 1.16. The molecule has 2 aliphatic heterocycles. The van der Waals surface area contributed by atoms with E-state index in [1.54, 1.807) is 17.6 Å². The summed E-state index contributed by atoms with van der Waals surface area (Å²) in [5.74, 6) is 0.0465. The van der Waals surface area contributed by atoms with Crippen molar-refractivity contribution >= 4 is 22.7 Å². The Morgan fingerprint density at radius 3 is 2.61 bits per heavy atom. The highest BCUT2D eigenvalue weighted by Crippen LogP contribution is 2.42. The summed E-state index contributed by atoms with van der Waals surface area (Å²) in [7, 11) is 0. The van der Waals surface area contributed by atoms with Crippen LogP contribution in [0.5, 0.6) is 5.75 Å². The zero-order valence-electron chi connectivity index (χ0n) is 17.7. The molecule has 2 N–H and O–H groups in total. The van der Waals surface area contributed by atoms with Gasteiger partial charge in [-0.3, -0.25) is 19.7 Å². The Hall–Kier alpha value is -4.10. The Labute approximate surface area is 189 Å². The molecule has 1 unspecified atom stereocenters. The molecule has 6 rings (SSSR count). The molecule has 33 heavy (non-hydrogen) atoms. The van der Waals surface area contributed by atoms with E-state index in [4.69, 9.17) is 9.94 Å². The maximum Gasteiger partial charge on any atom is 0.274 e. The first kappa shape index (κ1) is 19.6. The number of hydroxylamine groups is 1. The molecule has 7 heteroatoms. The number of carbonyl (C=O) groups excluding carboxylic acids is 2. The molecule has 0 saturated carbocycles. The van der Waals surface area contributed by atoms with Crippen molar-refractivity contribution in [1.29, 1.82) is 0 Å². The summed E-state index contributed by atoms with van der Waals surface area (Å²) < 4.78 is 8.62. The summed E-state index contributed by atoms with van der Waals surface area (Å²) >= 11 is 0. The molecule has 2 amide bonds. The average Bonchev–Trinajstić information content (AvgIpc) is 3.18. The van der Waals surface area contributed by atoms with Crippen LogP contribution in [-0.4, -0.2) is 33.0 Å². The molecule has 0 aliphatic carbocycles. The number of nitrogens with one attached hydrogen (secondary N) is 1. The Balaban J connectivity index is 1.47. The Bertz CT molecular complexity index is 1410. The number of rotatable bonds is 3. The first-order chi connectivity index (χ1) is 16.2. The largest absolute Gasteiger partial charge is 0.464 e. The lowest BCUT2D eigenvalue weighted by molar-refractivity contribution is 0.000236. The number of aromatic nitrogens is 1. The molecule has 0 bridgehead atoms. The predicted molar refractivity (Wildman–Crippen MR) is 121 cm³/mol. The van der Waals surface area contributed by atoms with Gasteiger partial charge in [0.25, 0.3) is 11.8 Å². The molecule has 7 nitrogen and oxygen atoms in total. The van der Waals surface area contributed by atoms with Crippen molar-refractivity contribution in [2.45, 2.75) is 19.2 Å². The zero-order valence-corrected chi connectivity index (χ0v) is 17.7. The van der Waals surface area contributed by atoms with E-state index in [1.165, 1.54) is 10.9 Å². The third-order valence-electron chi connectivity index (χ3n) is 6.51. The highest BCUT2D eigenvalue weighted by molar-refractivity contribution is 5.98. The second kappa shape index (κ2) is 7.50. The van der Waals surface area contributed by atoms with Crippen LogP contribution in [0.2, 0.25) is 0 Å². The molecule has 3 aromatic carbocycles. The minimum Gasteiger partial charge on any atom is -0.464 e. The van der Waals surface area contributed by atoms with Gasteiger partial charge in [-0.15, -0.1) is 0 Å². The van der Waals surface area contributed by atoms with Crippen molar-refractivity contribution in [2.24, 2.45) is 0 Å². The molecular formula is C26H21N3O4. The lowest BCUT2D eigenvalue weighted by Gasteiger charge is -2.40. The molecule has 0 saturated heterocycles. The van der Waals surface area contributed by atoms with Crippen LogP contribution in [0.4, 0.5) is 0 Å². The standard InChI is InChI=1S/C26H21N3O4/c30-24(27-32)17-11-9-16(10-12-17)15-29-21-7-3-1-5-18(21)19-13-14-28-25(31)20-6-2-4-8-22(20)33-26(28)23(19)29/h1-12,26,32H,13-15H2,(H,27,30). The summed E-state index contributed by atoms with van der Waals surface area (Å²) in [5.41, 5.74) is 6.90. The number of nitrogens with zero attached hydrogens (tertiary/aromatic N) is 2. The van der Waals surface area contributed by atoms with Crippen LogP contribution in [-0.2, 0) is 13.0 Å². The van der Waals surface area contributed by atoms with E-state index in [-0.39, 0.29) is 5.91 Å². The maximum absolute atomic E-state index is 13.3. The van der Waals surface area contributed by atoms with Crippen molar-refractivity contribution in [1.82, 2.24) is 14.9 Å². The smallest absolute Gasteiger partial charge is 0.274 e. The van der Waals surface area contributed by atoms with E-state index in [9.17, 15) is 9.59 Å². The third kappa shape index (κ3) is 3.01. The quantitative estimate of drug-likeness (QED) is 0.375. The van der Waals surface area contributed by atoms with Crippen molar-refractivity contribution in [3.8, 4) is 5.75 Å². The lowest BCUT2D eigenvalue weighted by atomic mass is 9.99. The first-order valence-electron chi connectivity index (χ1n) is 10.9. The number of carbonyl (C=O) groups is 2. The highest BCUT2D eigenvalue weighted by atomic mass is 16.5. The normalized spacial score (nSPS) is 16.6. The van der Waals surface area contributed by atoms with Gasteiger partial charge < -0.3 is 9.30 Å². The SMILES string of the molecule is O=C(NO)c1ccc(Cn2c3c(c4ccccc42)CCN2C(=O)c4ccccc4OC32)cc1. The molecule has 4 aromatic rings. The summed E-state index contributed by atoms with van der Waals surface area (Å²) in [4.78, 5) is 26.7. The molecule has 1 aromatic heterocycles. The third-order valence-corrected chi connectivity index (χ3v) is 6.51. The van der Waals surface area contributed by atoms with Crippen LogP contribution in [0.15, 0.2) is 72.8 Å². The minimum absolute atomic E-state index is 0.0105. The van der Waals surface area contributed by atoms with Crippen LogP contribution >= 0.6 is 0 Å². The van der Waals surface area contributed by atoms with Crippen molar-refractivity contribution in [3.63, 3.8) is 0 Å². The van der Waals surface area contributed by atoms with Crippen LogP contribution in [0.3, 0.4) is 0 Å². The molecule has 0 spiro atoms. The van der Waals surface area contributed by atoms with E-state index >= 15 is 0 Å². The molecular weight excluding hydrogens is 418 g/mol. The topological polar surface area (TPSA) is 83.8 Å². The monoisotopic (exact) mass is 439 g/mol. The van der Waals surface area contributed by atoms with Crippen molar-refractivity contribution in [3.05, 3.63) is 101 Å². The van der Waals surface area contributed by atoms with Gasteiger partial charge in [0, 0.05) is 29.6 Å². The fourth-order valence-electron chi connectivity index (χ4n) is 4.96. The number of ether oxygens (including phenoxy) is 1. The Morgan fingerprint density at radius 2 is 1.79 bits per heavy atom. The fraction of sp³-hybridized carbons (Fsp3) is 0.154. The zero-order chi connectivity index (χ0) is 22.5. The summed E-state index contributed by atoms with van der Waals surface area (Å²) in [6, 6.07) is 22.7. The Morgan fingerprint density at radius 1 is 1.03 bits per heavy atom. The minimum atomic E-state index is -0.547. The van der Waals surface area contributed by atoms with Gasteiger partial charge in [0.05, 0.1) is 11.3 Å². The van der Waals surface area contributed by atoms with Gasteiger partial charge >= 0.3 is 0 Å². The van der Waals surface area contributed by atoms with Crippen molar-refractivity contribution < 1.29 is 19.5 Å². The Kier molecular flexibility index (Phi) is 4.45. The number of fused-ring (bicyclic) bond motifs is 6. The number of para-hydroxylation sites is 2. The van der Waals surface area contributed by atoms with E-state index in [0.717, 1.165) is 23.2 Å². The van der Waals surface area contributed by atoms with Gasteiger partial charge in [-0.1, -0.05) is 42.5 Å². The molecule has 0 fully saturated rings. The van der Waals surface area contributed by atoms with Crippen LogP contribution in [0, 0.1) is 0 Å². The average molecular weight is 439 g/mol. The van der Waals surface area contributed by atoms with E-state index in [1.807, 2.05) is 53.4 Å². The second-order valence-corrected chi connectivity index (χ2v) is 8.32. The summed E-state index contributed by atoms with van der Waals surface area (Å²) in [5, 5.41) is 10.0. The molecule has 3 heterocycles. The lowest BCUT2D eigenvalue weighted by Crippen LogP contribution is -2.46. The molecule has 2 aliphatic rings. The molecule has 0 radical (unpaired) electrons. The predicted octanol–water partition coefficient (Wildman–Crippen LogP) is 3.90.